The van der Waals surface area contributed by atoms with Gasteiger partial charge in [-0.1, -0.05) is 78.0 Å². The molecule has 0 spiro atoms. The molecule has 0 aliphatic carbocycles. The zero-order valence-electron chi connectivity index (χ0n) is 29.6. The number of ether oxygens (including phenoxy) is 1. The van der Waals surface area contributed by atoms with Crippen LogP contribution in [0.1, 0.15) is 52.8 Å². The van der Waals surface area contributed by atoms with Gasteiger partial charge in [-0.25, -0.2) is 9.78 Å². The minimum Gasteiger partial charge on any atom is -0.508 e. The van der Waals surface area contributed by atoms with Crippen LogP contribution in [-0.4, -0.2) is 89.0 Å². The molecule has 0 radical (unpaired) electrons. The van der Waals surface area contributed by atoms with E-state index in [0.717, 1.165) is 16.7 Å². The molecule has 0 saturated carbocycles. The molecular weight excluding hydrogens is 706 g/mol. The van der Waals surface area contributed by atoms with Crippen LogP contribution in [0.25, 0.3) is 11.2 Å². The number of phenols is 1. The Morgan fingerprint density at radius 1 is 0.945 bits per heavy atom. The van der Waals surface area contributed by atoms with Crippen LogP contribution < -0.4 is 20.9 Å². The van der Waals surface area contributed by atoms with E-state index in [4.69, 9.17) is 19.2 Å². The van der Waals surface area contributed by atoms with Gasteiger partial charge < -0.3 is 50.5 Å². The third kappa shape index (κ3) is 7.65. The van der Waals surface area contributed by atoms with Gasteiger partial charge >= 0.3 is 6.03 Å². The van der Waals surface area contributed by atoms with Crippen LogP contribution >= 0.6 is 0 Å². The lowest BCUT2D eigenvalue weighted by atomic mass is 9.91. The van der Waals surface area contributed by atoms with Crippen LogP contribution in [0, 0.1) is 0 Å². The van der Waals surface area contributed by atoms with Crippen molar-refractivity contribution in [3.05, 3.63) is 125 Å². The molecule has 0 bridgehead atoms. The predicted molar refractivity (Wildman–Crippen MR) is 200 cm³/mol. The monoisotopic (exact) mass is 747 g/mol. The molecular formula is C39H41N9O7. The lowest BCUT2D eigenvalue weighted by Gasteiger charge is -2.22. The summed E-state index contributed by atoms with van der Waals surface area (Å²) in [6.07, 6.45) is -2.80. The molecule has 16 heteroatoms. The molecule has 3 aromatic heterocycles. The average molecular weight is 748 g/mol. The Morgan fingerprint density at radius 2 is 1.71 bits per heavy atom. The Bertz CT molecular complexity index is 2200. The van der Waals surface area contributed by atoms with E-state index < -0.39 is 24.5 Å². The summed E-state index contributed by atoms with van der Waals surface area (Å²) in [7, 11) is 0. The van der Waals surface area contributed by atoms with Gasteiger partial charge in [0.25, 0.3) is 0 Å². The molecule has 3 aromatic carbocycles. The zero-order valence-corrected chi connectivity index (χ0v) is 29.6. The molecule has 2 fully saturated rings. The molecule has 2 saturated heterocycles. The summed E-state index contributed by atoms with van der Waals surface area (Å²) in [5.74, 6) is 1.10. The number of nitrogens with one attached hydrogen (secondary N) is 3. The number of aliphatic hydroxyl groups is 3. The SMILES string of the molecule is O=C(NCc1cccc(O)c1)N[C@@H]1CCN(c2nc(NCC(c3ccccc3)c3ccccc3)c3ncn([C@@H]4O[C@H](c5cc(CO)no5)[C@@H](O)[C@H]4O)c3n2)C1. The Morgan fingerprint density at radius 3 is 2.42 bits per heavy atom. The summed E-state index contributed by atoms with van der Waals surface area (Å²) in [5.41, 5.74) is 4.06. The average Bonchev–Trinajstić information content (AvgIpc) is 4.02. The van der Waals surface area contributed by atoms with Gasteiger partial charge in [-0.2, -0.15) is 9.97 Å². The summed E-state index contributed by atoms with van der Waals surface area (Å²) in [4.78, 5) is 29.4. The highest BCUT2D eigenvalue weighted by Gasteiger charge is 2.47. The molecule has 16 nitrogen and oxygen atoms in total. The number of nitrogens with zero attached hydrogens (tertiary/aromatic N) is 6. The number of anilines is 2. The highest BCUT2D eigenvalue weighted by Crippen LogP contribution is 2.41. The van der Waals surface area contributed by atoms with E-state index in [0.29, 0.717) is 49.0 Å². The van der Waals surface area contributed by atoms with Crippen molar-refractivity contribution in [1.29, 1.82) is 0 Å². The molecule has 284 valence electrons. The highest BCUT2D eigenvalue weighted by atomic mass is 16.6. The van der Waals surface area contributed by atoms with Gasteiger partial charge in [0.1, 0.15) is 29.8 Å². The van der Waals surface area contributed by atoms with Crippen LogP contribution in [0.2, 0.25) is 0 Å². The molecule has 5 atom stereocenters. The van der Waals surface area contributed by atoms with Gasteiger partial charge in [-0.3, -0.25) is 4.57 Å². The molecule has 5 heterocycles. The maximum atomic E-state index is 12.8. The zero-order chi connectivity index (χ0) is 37.9. The summed E-state index contributed by atoms with van der Waals surface area (Å²) >= 11 is 0. The topological polar surface area (TPSA) is 216 Å². The molecule has 55 heavy (non-hydrogen) atoms. The van der Waals surface area contributed by atoms with Crippen molar-refractivity contribution in [3.63, 3.8) is 0 Å². The number of carbonyl (C=O) groups excluding carboxylic acids is 1. The number of hydrogen-bond acceptors (Lipinski definition) is 13. The second-order valence-corrected chi connectivity index (χ2v) is 13.7. The summed E-state index contributed by atoms with van der Waals surface area (Å²) in [5, 5.41) is 54.7. The molecule has 6 aromatic rings. The molecule has 2 aliphatic rings. The Balaban J connectivity index is 1.07. The number of amides is 2. The number of phenolic OH excluding ortho intramolecular Hbond substituents is 1. The maximum absolute atomic E-state index is 12.8. The number of aromatic nitrogens is 5. The number of urea groups is 1. The second kappa shape index (κ2) is 15.7. The number of benzene rings is 3. The van der Waals surface area contributed by atoms with E-state index in [9.17, 15) is 25.2 Å². The number of hydrogen-bond donors (Lipinski definition) is 7. The number of fused-ring (bicyclic) bond motifs is 1. The number of rotatable bonds is 12. The summed E-state index contributed by atoms with van der Waals surface area (Å²) < 4.78 is 13.0. The van der Waals surface area contributed by atoms with E-state index in [1.54, 1.807) is 22.8 Å². The lowest BCUT2D eigenvalue weighted by molar-refractivity contribution is -0.0434. The number of imidazole rings is 1. The Hall–Kier alpha value is -6.07. The van der Waals surface area contributed by atoms with Crippen LogP contribution in [0.5, 0.6) is 5.75 Å². The smallest absolute Gasteiger partial charge is 0.315 e. The quantitative estimate of drug-likeness (QED) is 0.0958. The Kier molecular flexibility index (Phi) is 10.3. The third-order valence-corrected chi connectivity index (χ3v) is 9.99. The Labute approximate surface area is 315 Å². The van der Waals surface area contributed by atoms with Crippen molar-refractivity contribution in [2.45, 2.75) is 56.1 Å². The number of aliphatic hydroxyl groups excluding tert-OH is 3. The molecule has 7 N–H and O–H groups in total. The first kappa shape index (κ1) is 35.9. The maximum Gasteiger partial charge on any atom is 0.315 e. The fourth-order valence-corrected chi connectivity index (χ4v) is 7.16. The van der Waals surface area contributed by atoms with Crippen molar-refractivity contribution in [2.24, 2.45) is 0 Å². The predicted octanol–water partition coefficient (Wildman–Crippen LogP) is 3.33. The normalized spacial score (nSPS) is 21.0. The molecule has 0 unspecified atom stereocenters. The minimum atomic E-state index is -1.39. The van der Waals surface area contributed by atoms with Gasteiger partial charge in [0, 0.05) is 44.2 Å². The molecule has 8 rings (SSSR count). The summed E-state index contributed by atoms with van der Waals surface area (Å²) in [6, 6.07) is 28.0. The minimum absolute atomic E-state index is 0.0294. The van der Waals surface area contributed by atoms with Crippen molar-refractivity contribution >= 4 is 29.0 Å². The molecule has 2 amide bonds. The molecule has 2 aliphatic heterocycles. The van der Waals surface area contributed by atoms with E-state index >= 15 is 0 Å². The van der Waals surface area contributed by atoms with E-state index in [1.165, 1.54) is 12.4 Å². The van der Waals surface area contributed by atoms with Gasteiger partial charge in [-0.15, -0.1) is 0 Å². The first-order chi connectivity index (χ1) is 26.8. The van der Waals surface area contributed by atoms with Gasteiger partial charge in [0.2, 0.25) is 5.95 Å². The number of carbonyl (C=O) groups is 1. The van der Waals surface area contributed by atoms with E-state index in [1.807, 2.05) is 47.4 Å². The first-order valence-electron chi connectivity index (χ1n) is 18.1. The van der Waals surface area contributed by atoms with Crippen LogP contribution in [0.3, 0.4) is 0 Å². The van der Waals surface area contributed by atoms with Crippen molar-refractivity contribution in [1.82, 2.24) is 35.3 Å². The van der Waals surface area contributed by atoms with E-state index in [2.05, 4.69) is 50.4 Å². The van der Waals surface area contributed by atoms with Crippen molar-refractivity contribution < 1.29 is 34.5 Å². The lowest BCUT2D eigenvalue weighted by Crippen LogP contribution is -2.43. The van der Waals surface area contributed by atoms with Crippen LogP contribution in [0.15, 0.2) is 102 Å². The second-order valence-electron chi connectivity index (χ2n) is 13.7. The largest absolute Gasteiger partial charge is 0.508 e. The first-order valence-corrected chi connectivity index (χ1v) is 18.1. The van der Waals surface area contributed by atoms with Crippen LogP contribution in [-0.2, 0) is 17.9 Å². The standard InChI is InChI=1S/C39H41N9O7/c49-21-27-17-30(55-46-27)34-32(51)33(52)37(54-34)48-22-42-31-35(40-19-29(24-9-3-1-4-10-24)25-11-5-2-6-12-25)44-38(45-36(31)48)47-15-14-26(20-47)43-39(53)41-18-23-8-7-13-28(50)16-23/h1-13,16-17,22,26,29,32-34,37,49-52H,14-15,18-21H2,(H,40,44,45)(H2,41,43,53)/t26-,32+,33-,34-,37-/m1/s1. The third-order valence-electron chi connectivity index (χ3n) is 9.99. The highest BCUT2D eigenvalue weighted by molar-refractivity contribution is 5.84. The van der Waals surface area contributed by atoms with Gasteiger partial charge in [0.05, 0.1) is 12.9 Å². The van der Waals surface area contributed by atoms with Crippen molar-refractivity contribution in [2.75, 3.05) is 29.9 Å². The fraction of sp³-hybridized carbons (Fsp3) is 0.308. The summed E-state index contributed by atoms with van der Waals surface area (Å²) in [6.45, 7) is 1.35. The van der Waals surface area contributed by atoms with Gasteiger partial charge in [-0.05, 0) is 35.2 Å². The number of aromatic hydroxyl groups is 1. The van der Waals surface area contributed by atoms with E-state index in [-0.39, 0.29) is 48.3 Å². The van der Waals surface area contributed by atoms with Gasteiger partial charge in [0.15, 0.2) is 29.0 Å². The fourth-order valence-electron chi connectivity index (χ4n) is 7.16. The van der Waals surface area contributed by atoms with Crippen molar-refractivity contribution in [3.8, 4) is 5.75 Å². The van der Waals surface area contributed by atoms with Crippen LogP contribution in [0.4, 0.5) is 16.6 Å².